The normalized spacial score (nSPS) is 10.8. The van der Waals surface area contributed by atoms with Crippen LogP contribution in [0.1, 0.15) is 18.9 Å². The molecule has 0 saturated carbocycles. The Morgan fingerprint density at radius 2 is 1.54 bits per heavy atom. The van der Waals surface area contributed by atoms with E-state index in [-0.39, 0.29) is 42.3 Å². The van der Waals surface area contributed by atoms with Gasteiger partial charge in [0.2, 0.25) is 11.8 Å². The first-order valence-electron chi connectivity index (χ1n) is 11.4. The fourth-order valence-corrected chi connectivity index (χ4v) is 3.93. The SMILES string of the molecule is CCN(C(=O)Cc1ccc(NC(=O)CCn2[nH]c(=O)c3ccccc3c2=O)cc1)c1ccccc1. The molecule has 0 spiro atoms. The third-order valence-electron chi connectivity index (χ3n) is 5.72. The summed E-state index contributed by atoms with van der Waals surface area (Å²) in [6, 6.07) is 23.2. The van der Waals surface area contributed by atoms with Crippen LogP contribution in [0, 0.1) is 0 Å². The molecule has 0 bridgehead atoms. The molecular formula is C27H26N4O4. The highest BCUT2D eigenvalue weighted by Gasteiger charge is 2.14. The van der Waals surface area contributed by atoms with Crippen LogP contribution in [0.2, 0.25) is 0 Å². The van der Waals surface area contributed by atoms with E-state index in [2.05, 4.69) is 10.4 Å². The molecule has 1 heterocycles. The standard InChI is InChI=1S/C27H26N4O4/c1-2-30(21-8-4-3-5-9-21)25(33)18-19-12-14-20(15-13-19)28-24(32)16-17-31-27(35)23-11-7-6-10-22(23)26(34)29-31/h3-15H,2,16-18H2,1H3,(H,28,32)(H,29,34). The smallest absolute Gasteiger partial charge is 0.273 e. The van der Waals surface area contributed by atoms with Crippen molar-refractivity contribution in [2.75, 3.05) is 16.8 Å². The van der Waals surface area contributed by atoms with Crippen molar-refractivity contribution in [3.8, 4) is 0 Å². The van der Waals surface area contributed by atoms with Crippen molar-refractivity contribution in [2.45, 2.75) is 26.3 Å². The Morgan fingerprint density at radius 1 is 0.886 bits per heavy atom. The lowest BCUT2D eigenvalue weighted by Gasteiger charge is -2.21. The number of benzene rings is 3. The van der Waals surface area contributed by atoms with Gasteiger partial charge in [0, 0.05) is 24.3 Å². The number of aromatic amines is 1. The van der Waals surface area contributed by atoms with Gasteiger partial charge in [-0.15, -0.1) is 0 Å². The molecule has 178 valence electrons. The van der Waals surface area contributed by atoms with Gasteiger partial charge in [0.1, 0.15) is 0 Å². The molecule has 8 nitrogen and oxygen atoms in total. The number of aromatic nitrogens is 2. The van der Waals surface area contributed by atoms with E-state index in [0.29, 0.717) is 23.0 Å². The number of H-pyrrole nitrogens is 1. The van der Waals surface area contributed by atoms with Gasteiger partial charge in [-0.3, -0.25) is 24.3 Å². The van der Waals surface area contributed by atoms with Crippen LogP contribution in [-0.2, 0) is 22.6 Å². The lowest BCUT2D eigenvalue weighted by molar-refractivity contribution is -0.118. The van der Waals surface area contributed by atoms with Gasteiger partial charge < -0.3 is 10.2 Å². The summed E-state index contributed by atoms with van der Waals surface area (Å²) in [4.78, 5) is 51.7. The molecule has 35 heavy (non-hydrogen) atoms. The molecule has 0 fully saturated rings. The Labute approximate surface area is 201 Å². The first kappa shape index (κ1) is 23.7. The predicted octanol–water partition coefficient (Wildman–Crippen LogP) is 3.31. The first-order chi connectivity index (χ1) is 17.0. The number of hydrogen-bond acceptors (Lipinski definition) is 4. The fourth-order valence-electron chi connectivity index (χ4n) is 3.93. The summed E-state index contributed by atoms with van der Waals surface area (Å²) in [5, 5.41) is 5.94. The minimum Gasteiger partial charge on any atom is -0.326 e. The van der Waals surface area contributed by atoms with Gasteiger partial charge in [-0.25, -0.2) is 4.68 Å². The molecule has 4 aromatic rings. The number of hydrogen-bond donors (Lipinski definition) is 2. The Morgan fingerprint density at radius 3 is 2.23 bits per heavy atom. The number of amides is 2. The van der Waals surface area contributed by atoms with E-state index in [1.54, 1.807) is 53.4 Å². The van der Waals surface area contributed by atoms with Gasteiger partial charge in [0.15, 0.2) is 0 Å². The quantitative estimate of drug-likeness (QED) is 0.412. The highest BCUT2D eigenvalue weighted by Crippen LogP contribution is 2.16. The lowest BCUT2D eigenvalue weighted by atomic mass is 10.1. The van der Waals surface area contributed by atoms with Crippen molar-refractivity contribution < 1.29 is 9.59 Å². The molecule has 3 aromatic carbocycles. The monoisotopic (exact) mass is 470 g/mol. The summed E-state index contributed by atoms with van der Waals surface area (Å²) >= 11 is 0. The van der Waals surface area contributed by atoms with Crippen molar-refractivity contribution >= 4 is 34.0 Å². The van der Waals surface area contributed by atoms with E-state index in [1.165, 1.54) is 0 Å². The van der Waals surface area contributed by atoms with Crippen LogP contribution in [0.15, 0.2) is 88.5 Å². The van der Waals surface area contributed by atoms with Crippen LogP contribution in [0.3, 0.4) is 0 Å². The fraction of sp³-hybridized carbons (Fsp3) is 0.185. The third kappa shape index (κ3) is 5.55. The minimum atomic E-state index is -0.375. The number of nitrogens with zero attached hydrogens (tertiary/aromatic N) is 2. The number of aryl methyl sites for hydroxylation is 1. The number of likely N-dealkylation sites (N-methyl/N-ethyl adjacent to an activating group) is 1. The maximum atomic E-state index is 12.8. The molecule has 0 atom stereocenters. The molecular weight excluding hydrogens is 444 g/mol. The molecule has 0 saturated heterocycles. The van der Waals surface area contributed by atoms with Gasteiger partial charge in [0.25, 0.3) is 11.1 Å². The van der Waals surface area contributed by atoms with E-state index in [9.17, 15) is 19.2 Å². The van der Waals surface area contributed by atoms with Crippen LogP contribution >= 0.6 is 0 Å². The second-order valence-electron chi connectivity index (χ2n) is 8.09. The highest BCUT2D eigenvalue weighted by atomic mass is 16.2. The molecule has 2 N–H and O–H groups in total. The van der Waals surface area contributed by atoms with E-state index < -0.39 is 0 Å². The van der Waals surface area contributed by atoms with Crippen molar-refractivity contribution in [2.24, 2.45) is 0 Å². The zero-order chi connectivity index (χ0) is 24.8. The maximum absolute atomic E-state index is 12.8. The molecule has 0 aliphatic carbocycles. The van der Waals surface area contributed by atoms with Gasteiger partial charge in [-0.05, 0) is 48.9 Å². The second kappa shape index (κ2) is 10.6. The number of carbonyl (C=O) groups excluding carboxylic acids is 2. The summed E-state index contributed by atoms with van der Waals surface area (Å²) in [5.74, 6) is -0.304. The maximum Gasteiger partial charge on any atom is 0.273 e. The zero-order valence-corrected chi connectivity index (χ0v) is 19.4. The summed E-state index contributed by atoms with van der Waals surface area (Å²) < 4.78 is 1.16. The van der Waals surface area contributed by atoms with Gasteiger partial charge in [-0.2, -0.15) is 0 Å². The number of nitrogens with one attached hydrogen (secondary N) is 2. The summed E-state index contributed by atoms with van der Waals surface area (Å²) in [7, 11) is 0. The number of anilines is 2. The van der Waals surface area contributed by atoms with Crippen LogP contribution < -0.4 is 21.3 Å². The zero-order valence-electron chi connectivity index (χ0n) is 19.4. The Kier molecular flexibility index (Phi) is 7.21. The van der Waals surface area contributed by atoms with Crippen LogP contribution in [0.5, 0.6) is 0 Å². The topological polar surface area (TPSA) is 104 Å². The van der Waals surface area contributed by atoms with E-state index in [0.717, 1.165) is 15.9 Å². The molecule has 8 heteroatoms. The van der Waals surface area contributed by atoms with Crippen molar-refractivity contribution in [1.82, 2.24) is 9.78 Å². The van der Waals surface area contributed by atoms with Gasteiger partial charge >= 0.3 is 0 Å². The molecule has 0 aliphatic heterocycles. The van der Waals surface area contributed by atoms with Crippen molar-refractivity contribution in [1.29, 1.82) is 0 Å². The van der Waals surface area contributed by atoms with Crippen molar-refractivity contribution in [3.05, 3.63) is 105 Å². The van der Waals surface area contributed by atoms with E-state index >= 15 is 0 Å². The Hall–Kier alpha value is -4.46. The number of fused-ring (bicyclic) bond motifs is 1. The molecule has 2 amide bonds. The molecule has 0 aliphatic rings. The number of rotatable bonds is 8. The van der Waals surface area contributed by atoms with Gasteiger partial charge in [-0.1, -0.05) is 42.5 Å². The molecule has 0 unspecified atom stereocenters. The minimum absolute atomic E-state index is 0.00898. The largest absolute Gasteiger partial charge is 0.326 e. The van der Waals surface area contributed by atoms with Crippen LogP contribution in [0.25, 0.3) is 10.8 Å². The third-order valence-corrected chi connectivity index (χ3v) is 5.72. The average molecular weight is 471 g/mol. The summed E-state index contributed by atoms with van der Waals surface area (Å²) in [6.45, 7) is 2.55. The van der Waals surface area contributed by atoms with Crippen LogP contribution in [-0.4, -0.2) is 28.1 Å². The van der Waals surface area contributed by atoms with Crippen molar-refractivity contribution in [3.63, 3.8) is 0 Å². The Balaban J connectivity index is 1.35. The predicted molar refractivity (Wildman–Crippen MR) is 137 cm³/mol. The molecule has 0 radical (unpaired) electrons. The van der Waals surface area contributed by atoms with Crippen LogP contribution in [0.4, 0.5) is 11.4 Å². The van der Waals surface area contributed by atoms with E-state index in [4.69, 9.17) is 0 Å². The molecule has 1 aromatic heterocycles. The highest BCUT2D eigenvalue weighted by molar-refractivity contribution is 5.95. The summed E-state index contributed by atoms with van der Waals surface area (Å²) in [6.07, 6.45) is 0.256. The first-order valence-corrected chi connectivity index (χ1v) is 11.4. The summed E-state index contributed by atoms with van der Waals surface area (Å²) in [5.41, 5.74) is 1.55. The molecule has 4 rings (SSSR count). The lowest BCUT2D eigenvalue weighted by Crippen LogP contribution is -2.31. The van der Waals surface area contributed by atoms with Gasteiger partial charge in [0.05, 0.1) is 23.7 Å². The Bertz CT molecular complexity index is 1460. The average Bonchev–Trinajstić information content (AvgIpc) is 2.88. The number of carbonyl (C=O) groups is 2. The number of para-hydroxylation sites is 1. The second-order valence-corrected chi connectivity index (χ2v) is 8.09. The van der Waals surface area contributed by atoms with E-state index in [1.807, 2.05) is 37.3 Å².